The van der Waals surface area contributed by atoms with Crippen molar-refractivity contribution < 1.29 is 23.9 Å². The van der Waals surface area contributed by atoms with Gasteiger partial charge in [0.1, 0.15) is 0 Å². The number of rotatable bonds is 3. The van der Waals surface area contributed by atoms with Gasteiger partial charge in [-0.3, -0.25) is 0 Å². The van der Waals surface area contributed by atoms with E-state index in [1.54, 1.807) is 0 Å². The van der Waals surface area contributed by atoms with Crippen LogP contribution in [0.2, 0.25) is 5.02 Å². The van der Waals surface area contributed by atoms with Crippen LogP contribution in [0.1, 0.15) is 63.8 Å². The Kier molecular flexibility index (Phi) is 11.1. The minimum absolute atomic E-state index is 0.203. The van der Waals surface area contributed by atoms with E-state index < -0.39 is 0 Å². The summed E-state index contributed by atoms with van der Waals surface area (Å²) in [6.07, 6.45) is 0. The van der Waals surface area contributed by atoms with E-state index in [1.165, 1.54) is 58.2 Å². The Morgan fingerprint density at radius 2 is 1.02 bits per heavy atom. The molecule has 7 aromatic rings. The van der Waals surface area contributed by atoms with Crippen LogP contribution >= 0.6 is 11.6 Å². The zero-order chi connectivity index (χ0) is 33.6. The number of fused-ring (bicyclic) bond motifs is 3. The molecular weight excluding hydrogens is 754 g/mol. The average Bonchev–Trinajstić information content (AvgIpc) is 3.73. The fourth-order valence-corrected chi connectivity index (χ4v) is 6.86. The molecule has 0 radical (unpaired) electrons. The molecule has 0 unspecified atom stereocenters. The van der Waals surface area contributed by atoms with Gasteiger partial charge in [-0.2, -0.15) is 23.8 Å². The molecule has 0 aromatic heterocycles. The average molecular weight is 798 g/mol. The van der Waals surface area contributed by atoms with Crippen molar-refractivity contribution in [1.29, 1.82) is 0 Å². The zero-order valence-electron chi connectivity index (χ0n) is 28.3. The molecule has 2 heteroatoms. The molecule has 0 heterocycles. The molecule has 7 rings (SSSR count). The van der Waals surface area contributed by atoms with Crippen molar-refractivity contribution in [1.82, 2.24) is 0 Å². The summed E-state index contributed by atoms with van der Waals surface area (Å²) < 4.78 is 1.46. The van der Waals surface area contributed by atoms with E-state index in [0.717, 1.165) is 28.9 Å². The molecule has 0 saturated carbocycles. The molecule has 0 atom stereocenters. The zero-order valence-corrected chi connectivity index (χ0v) is 32.7. The van der Waals surface area contributed by atoms with E-state index in [-0.39, 0.29) is 10.8 Å². The first-order chi connectivity index (χ1) is 22.4. The normalized spacial score (nSPS) is 11.4. The van der Waals surface area contributed by atoms with Crippen LogP contribution in [-0.2, 0) is 34.7 Å². The molecule has 0 aliphatic rings. The first-order valence-corrected chi connectivity index (χ1v) is 18.4. The van der Waals surface area contributed by atoms with E-state index in [4.69, 9.17) is 11.6 Å². The van der Waals surface area contributed by atoms with Gasteiger partial charge in [0.15, 0.2) is 0 Å². The molecular formula is C45H43ClHf. The van der Waals surface area contributed by atoms with Gasteiger partial charge >= 0.3 is 98.9 Å². The third-order valence-electron chi connectivity index (χ3n) is 8.40. The van der Waals surface area contributed by atoms with Crippen molar-refractivity contribution in [3.05, 3.63) is 179 Å². The SMILES string of the molecule is CC(C)(C)c1ccc2c(c1)[cH-]c1cc(C(C)(C)C)ccc12.Clc1ccc(-c2ccc[cH-]2)cc1.[Hf+2]=[C](c1ccccc1)c1ccccc1. The van der Waals surface area contributed by atoms with E-state index in [1.807, 2.05) is 36.4 Å². The minimum atomic E-state index is 0.203. The first kappa shape index (κ1) is 34.7. The first-order valence-electron chi connectivity index (χ1n) is 16.2. The molecule has 0 aliphatic heterocycles. The monoisotopic (exact) mass is 798 g/mol. The summed E-state index contributed by atoms with van der Waals surface area (Å²) in [4.78, 5) is 0. The number of benzene rings is 5. The van der Waals surface area contributed by atoms with Gasteiger partial charge in [0.2, 0.25) is 0 Å². The molecule has 234 valence electrons. The van der Waals surface area contributed by atoms with Crippen molar-refractivity contribution in [2.24, 2.45) is 0 Å². The Labute approximate surface area is 300 Å². The Balaban J connectivity index is 0.000000145. The predicted molar refractivity (Wildman–Crippen MR) is 203 cm³/mol. The van der Waals surface area contributed by atoms with Gasteiger partial charge < -0.3 is 0 Å². The van der Waals surface area contributed by atoms with Crippen LogP contribution in [0.15, 0.2) is 152 Å². The van der Waals surface area contributed by atoms with Gasteiger partial charge in [0.05, 0.1) is 0 Å². The van der Waals surface area contributed by atoms with Crippen molar-refractivity contribution in [3.63, 3.8) is 0 Å². The van der Waals surface area contributed by atoms with Gasteiger partial charge in [-0.15, -0.1) is 51.4 Å². The maximum atomic E-state index is 5.77. The van der Waals surface area contributed by atoms with Crippen LogP contribution < -0.4 is 0 Å². The molecule has 0 nitrogen and oxygen atoms in total. The second kappa shape index (κ2) is 15.1. The Morgan fingerprint density at radius 1 is 0.553 bits per heavy atom. The van der Waals surface area contributed by atoms with Crippen LogP contribution in [0.3, 0.4) is 0 Å². The van der Waals surface area contributed by atoms with E-state index in [9.17, 15) is 0 Å². The molecule has 0 bridgehead atoms. The summed E-state index contributed by atoms with van der Waals surface area (Å²) in [5, 5.41) is 6.26. The Hall–Kier alpha value is -3.65. The topological polar surface area (TPSA) is 0 Å². The van der Waals surface area contributed by atoms with Crippen LogP contribution in [0.5, 0.6) is 0 Å². The van der Waals surface area contributed by atoms with E-state index in [0.29, 0.717) is 0 Å². The fourth-order valence-electron chi connectivity index (χ4n) is 5.54. The van der Waals surface area contributed by atoms with Gasteiger partial charge in [0, 0.05) is 5.02 Å². The van der Waals surface area contributed by atoms with E-state index in [2.05, 4.69) is 157 Å². The Morgan fingerprint density at radius 3 is 1.43 bits per heavy atom. The number of halogens is 1. The van der Waals surface area contributed by atoms with Crippen LogP contribution in [0.25, 0.3) is 32.7 Å². The quantitative estimate of drug-likeness (QED) is 0.123. The van der Waals surface area contributed by atoms with Crippen molar-refractivity contribution in [2.45, 2.75) is 52.4 Å². The molecule has 0 aliphatic carbocycles. The van der Waals surface area contributed by atoms with Crippen LogP contribution in [0, 0.1) is 0 Å². The second-order valence-electron chi connectivity index (χ2n) is 14.0. The fraction of sp³-hybridized carbons (Fsp3) is 0.178. The van der Waals surface area contributed by atoms with Crippen molar-refractivity contribution >= 4 is 36.4 Å². The molecule has 0 amide bonds. The van der Waals surface area contributed by atoms with Crippen molar-refractivity contribution in [2.75, 3.05) is 0 Å². The van der Waals surface area contributed by atoms with Gasteiger partial charge in [-0.05, 0) is 10.8 Å². The molecule has 47 heavy (non-hydrogen) atoms. The van der Waals surface area contributed by atoms with Crippen LogP contribution in [0.4, 0.5) is 0 Å². The molecule has 0 spiro atoms. The number of hydrogen-bond acceptors (Lipinski definition) is 0. The maximum absolute atomic E-state index is 5.77. The summed E-state index contributed by atoms with van der Waals surface area (Å²) in [7, 11) is 0. The van der Waals surface area contributed by atoms with E-state index >= 15 is 0 Å². The molecule has 0 fully saturated rings. The molecule has 7 aromatic carbocycles. The summed E-state index contributed by atoms with van der Waals surface area (Å²) in [6, 6.07) is 53.5. The van der Waals surface area contributed by atoms with Crippen molar-refractivity contribution in [3.8, 4) is 11.1 Å². The summed E-state index contributed by atoms with van der Waals surface area (Å²) in [5.41, 5.74) is 8.37. The molecule has 0 N–H and O–H groups in total. The third-order valence-corrected chi connectivity index (χ3v) is 10.7. The Bertz CT molecular complexity index is 1920. The molecule has 0 saturated heterocycles. The van der Waals surface area contributed by atoms with Gasteiger partial charge in [0.25, 0.3) is 0 Å². The van der Waals surface area contributed by atoms with Crippen LogP contribution in [-0.4, -0.2) is 3.26 Å². The number of hydrogen-bond donors (Lipinski definition) is 0. The second-order valence-corrected chi connectivity index (χ2v) is 16.3. The third kappa shape index (κ3) is 9.04. The standard InChI is InChI=1S/C21H25.C13H10.C11H8Cl.Hf/c1-20(2,3)16-7-9-18-14(12-16)11-15-13-17(21(4,5)6)8-10-19(15)18;1-3-7-12(8-4-1)11-13-9-5-2-6-10-13;12-11-7-5-10(6-8-11)9-3-1-2-4-9;/h7-13H,1-6H3;1-10H;1-8H;/q-1;;-1;+2. The van der Waals surface area contributed by atoms with Gasteiger partial charge in [-0.25, -0.2) is 0 Å². The summed E-state index contributed by atoms with van der Waals surface area (Å²) in [6.45, 7) is 13.6. The summed E-state index contributed by atoms with van der Waals surface area (Å²) >= 11 is 6.85. The van der Waals surface area contributed by atoms with Gasteiger partial charge in [-0.1, -0.05) is 113 Å². The summed E-state index contributed by atoms with van der Waals surface area (Å²) in [5.74, 6) is 0. The predicted octanol–water partition coefficient (Wildman–Crippen LogP) is 12.8.